The van der Waals surface area contributed by atoms with E-state index in [9.17, 15) is 8.78 Å². The average molecular weight is 295 g/mol. The van der Waals surface area contributed by atoms with E-state index < -0.39 is 11.6 Å². The fourth-order valence-corrected chi connectivity index (χ4v) is 2.21. The monoisotopic (exact) mass is 295 g/mol. The molecule has 0 aliphatic heterocycles. The third-order valence-electron chi connectivity index (χ3n) is 3.42. The topological polar surface area (TPSA) is 74.2 Å². The van der Waals surface area contributed by atoms with E-state index in [1.54, 1.807) is 0 Å². The van der Waals surface area contributed by atoms with Gasteiger partial charge in [0.15, 0.2) is 11.6 Å². The lowest BCUT2D eigenvalue weighted by Crippen LogP contribution is -2.08. The van der Waals surface area contributed by atoms with E-state index in [0.29, 0.717) is 18.3 Å². The molecule has 1 saturated carbocycles. The van der Waals surface area contributed by atoms with Crippen molar-refractivity contribution in [1.82, 2.24) is 10.1 Å². The summed E-state index contributed by atoms with van der Waals surface area (Å²) in [5.74, 6) is -1.16. The van der Waals surface area contributed by atoms with Crippen molar-refractivity contribution >= 4 is 5.69 Å². The minimum Gasteiger partial charge on any atom is -0.398 e. The maximum Gasteiger partial charge on any atom is 0.260 e. The van der Waals surface area contributed by atoms with Crippen LogP contribution in [0.4, 0.5) is 14.5 Å². The van der Waals surface area contributed by atoms with Gasteiger partial charge in [-0.3, -0.25) is 0 Å². The molecule has 2 aromatic rings. The van der Waals surface area contributed by atoms with Gasteiger partial charge in [0.2, 0.25) is 5.82 Å². The number of nitrogens with zero attached hydrogens (tertiary/aromatic N) is 2. The molecule has 1 unspecified atom stereocenters. The van der Waals surface area contributed by atoms with Crippen molar-refractivity contribution in [1.29, 1.82) is 0 Å². The summed E-state index contributed by atoms with van der Waals surface area (Å²) in [6.07, 6.45) is 1.89. The molecule has 0 spiro atoms. The number of anilines is 1. The molecule has 0 amide bonds. The van der Waals surface area contributed by atoms with Gasteiger partial charge in [-0.15, -0.1) is 0 Å². The lowest BCUT2D eigenvalue weighted by molar-refractivity contribution is 0.0385. The number of benzene rings is 1. The molecule has 1 heterocycles. The van der Waals surface area contributed by atoms with Gasteiger partial charge >= 0.3 is 0 Å². The Labute approximate surface area is 120 Å². The van der Waals surface area contributed by atoms with E-state index in [0.717, 1.165) is 25.0 Å². The number of hydrogen-bond acceptors (Lipinski definition) is 5. The summed E-state index contributed by atoms with van der Waals surface area (Å²) in [4.78, 5) is 4.22. The molecule has 0 radical (unpaired) electrons. The second-order valence-electron chi connectivity index (χ2n) is 5.02. The van der Waals surface area contributed by atoms with Crippen molar-refractivity contribution in [2.45, 2.75) is 25.9 Å². The van der Waals surface area contributed by atoms with E-state index >= 15 is 0 Å². The lowest BCUT2D eigenvalue weighted by Gasteiger charge is -2.11. The van der Waals surface area contributed by atoms with Crippen molar-refractivity contribution in [2.24, 2.45) is 5.92 Å². The number of ether oxygens (including phenoxy) is 1. The Morgan fingerprint density at radius 3 is 2.76 bits per heavy atom. The van der Waals surface area contributed by atoms with Crippen LogP contribution in [0.2, 0.25) is 0 Å². The van der Waals surface area contributed by atoms with Gasteiger partial charge in [0.05, 0.1) is 5.56 Å². The summed E-state index contributed by atoms with van der Waals surface area (Å²) in [6.45, 7) is 2.43. The minimum atomic E-state index is -1.01. The average Bonchev–Trinajstić information content (AvgIpc) is 3.17. The number of aromatic nitrogens is 2. The number of hydrogen-bond donors (Lipinski definition) is 1. The van der Waals surface area contributed by atoms with Crippen LogP contribution in [0.3, 0.4) is 0 Å². The third-order valence-corrected chi connectivity index (χ3v) is 3.42. The maximum absolute atomic E-state index is 13.3. The number of halogens is 2. The van der Waals surface area contributed by atoms with E-state index in [-0.39, 0.29) is 23.2 Å². The summed E-state index contributed by atoms with van der Waals surface area (Å²) < 4.78 is 37.2. The fraction of sp³-hybridized carbons (Fsp3) is 0.429. The molecule has 7 heteroatoms. The van der Waals surface area contributed by atoms with Crippen LogP contribution in [0, 0.1) is 17.6 Å². The Morgan fingerprint density at radius 1 is 1.38 bits per heavy atom. The van der Waals surface area contributed by atoms with Crippen molar-refractivity contribution in [2.75, 3.05) is 12.3 Å². The summed E-state index contributed by atoms with van der Waals surface area (Å²) in [7, 11) is 0. The van der Waals surface area contributed by atoms with Crippen LogP contribution in [0.1, 0.15) is 31.7 Å². The van der Waals surface area contributed by atoms with Crippen LogP contribution in [-0.2, 0) is 4.74 Å². The molecule has 21 heavy (non-hydrogen) atoms. The van der Waals surface area contributed by atoms with Gasteiger partial charge in [0.25, 0.3) is 5.89 Å². The molecular formula is C14H15F2N3O2. The molecule has 1 atom stereocenters. The molecule has 1 aliphatic rings. The lowest BCUT2D eigenvalue weighted by atomic mass is 10.1. The van der Waals surface area contributed by atoms with Crippen LogP contribution in [0.25, 0.3) is 11.5 Å². The summed E-state index contributed by atoms with van der Waals surface area (Å²) >= 11 is 0. The molecule has 1 aromatic carbocycles. The number of rotatable bonds is 5. The van der Waals surface area contributed by atoms with Crippen LogP contribution in [0.5, 0.6) is 0 Å². The molecule has 1 aliphatic carbocycles. The Hall–Kier alpha value is -2.02. The first kappa shape index (κ1) is 13.9. The molecule has 1 fully saturated rings. The van der Waals surface area contributed by atoms with Crippen LogP contribution in [-0.4, -0.2) is 16.7 Å². The summed E-state index contributed by atoms with van der Waals surface area (Å²) in [5.41, 5.74) is 5.90. The largest absolute Gasteiger partial charge is 0.398 e. The van der Waals surface area contributed by atoms with Crippen LogP contribution in [0.15, 0.2) is 16.7 Å². The van der Waals surface area contributed by atoms with E-state index in [4.69, 9.17) is 15.0 Å². The molecule has 2 N–H and O–H groups in total. The van der Waals surface area contributed by atoms with Gasteiger partial charge in [0.1, 0.15) is 6.10 Å². The number of nitrogens with two attached hydrogens (primary N) is 1. The second-order valence-corrected chi connectivity index (χ2v) is 5.02. The highest BCUT2D eigenvalue weighted by atomic mass is 19.2. The SMILES string of the molecule is CCOC(c1noc(-c2cc(F)c(F)cc2N)n1)C1CC1. The highest BCUT2D eigenvalue weighted by Crippen LogP contribution is 2.42. The molecule has 0 bridgehead atoms. The zero-order valence-electron chi connectivity index (χ0n) is 11.5. The predicted octanol–water partition coefficient (Wildman–Crippen LogP) is 3.08. The molecule has 112 valence electrons. The normalized spacial score (nSPS) is 16.1. The maximum atomic E-state index is 13.3. The minimum absolute atomic E-state index is 0.0449. The van der Waals surface area contributed by atoms with Gasteiger partial charge in [-0.1, -0.05) is 5.16 Å². The zero-order valence-corrected chi connectivity index (χ0v) is 11.5. The molecule has 0 saturated heterocycles. The smallest absolute Gasteiger partial charge is 0.260 e. The molecule has 3 rings (SSSR count). The first-order valence-electron chi connectivity index (χ1n) is 6.80. The highest BCUT2D eigenvalue weighted by molar-refractivity contribution is 5.70. The molecule has 1 aromatic heterocycles. The Kier molecular flexibility index (Phi) is 3.59. The van der Waals surface area contributed by atoms with E-state index in [1.807, 2.05) is 6.92 Å². The van der Waals surface area contributed by atoms with Gasteiger partial charge < -0.3 is 15.0 Å². The van der Waals surface area contributed by atoms with E-state index in [1.165, 1.54) is 0 Å². The van der Waals surface area contributed by atoms with Gasteiger partial charge in [-0.25, -0.2) is 8.78 Å². The Morgan fingerprint density at radius 2 is 2.10 bits per heavy atom. The van der Waals surface area contributed by atoms with Crippen molar-refractivity contribution in [3.05, 3.63) is 29.6 Å². The van der Waals surface area contributed by atoms with Crippen LogP contribution >= 0.6 is 0 Å². The predicted molar refractivity (Wildman–Crippen MR) is 71.2 cm³/mol. The van der Waals surface area contributed by atoms with E-state index in [2.05, 4.69) is 10.1 Å². The molecule has 5 nitrogen and oxygen atoms in total. The zero-order chi connectivity index (χ0) is 15.0. The highest BCUT2D eigenvalue weighted by Gasteiger charge is 2.36. The van der Waals surface area contributed by atoms with Gasteiger partial charge in [-0.05, 0) is 31.7 Å². The molecular weight excluding hydrogens is 280 g/mol. The summed E-state index contributed by atoms with van der Waals surface area (Å²) in [6, 6.07) is 1.85. The first-order valence-corrected chi connectivity index (χ1v) is 6.80. The van der Waals surface area contributed by atoms with Crippen molar-refractivity contribution in [3.63, 3.8) is 0 Å². The van der Waals surface area contributed by atoms with Crippen molar-refractivity contribution < 1.29 is 18.0 Å². The summed E-state index contributed by atoms with van der Waals surface area (Å²) in [5, 5.41) is 3.88. The Balaban J connectivity index is 1.92. The van der Waals surface area contributed by atoms with Gasteiger partial charge in [-0.2, -0.15) is 4.98 Å². The Bertz CT molecular complexity index is 656. The second kappa shape index (κ2) is 5.40. The van der Waals surface area contributed by atoms with Crippen LogP contribution < -0.4 is 5.73 Å². The number of nitrogen functional groups attached to an aromatic ring is 1. The standard InChI is InChI=1S/C14H15F2N3O2/c1-2-20-12(7-3-4-7)13-18-14(21-19-13)8-5-9(15)10(16)6-11(8)17/h5-7,12H,2-4,17H2,1H3. The van der Waals surface area contributed by atoms with Gasteiger partial charge in [0, 0.05) is 18.4 Å². The third kappa shape index (κ3) is 2.73. The first-order chi connectivity index (χ1) is 10.1. The quantitative estimate of drug-likeness (QED) is 0.858. The fourth-order valence-electron chi connectivity index (χ4n) is 2.21. The van der Waals surface area contributed by atoms with Crippen molar-refractivity contribution in [3.8, 4) is 11.5 Å².